The van der Waals surface area contributed by atoms with E-state index < -0.39 is 0 Å². The summed E-state index contributed by atoms with van der Waals surface area (Å²) in [6.45, 7) is 3.08. The average Bonchev–Trinajstić information content (AvgIpc) is 3.07. The topological polar surface area (TPSA) is 49.4 Å². The van der Waals surface area contributed by atoms with Gasteiger partial charge >= 0.3 is 0 Å². The van der Waals surface area contributed by atoms with Crippen LogP contribution in [-0.4, -0.2) is 35.8 Å². The van der Waals surface area contributed by atoms with Gasteiger partial charge in [-0.15, -0.1) is 11.3 Å². The molecule has 1 atom stereocenters. The number of rotatable bonds is 6. The van der Waals surface area contributed by atoms with Crippen LogP contribution in [0.15, 0.2) is 47.8 Å². The van der Waals surface area contributed by atoms with Gasteiger partial charge in [0.1, 0.15) is 0 Å². The maximum absolute atomic E-state index is 12.3. The van der Waals surface area contributed by atoms with Gasteiger partial charge in [-0.05, 0) is 36.8 Å². The molecular weight excluding hydrogens is 320 g/mol. The summed E-state index contributed by atoms with van der Waals surface area (Å²) < 4.78 is 0. The lowest BCUT2D eigenvalue weighted by molar-refractivity contribution is -0.129. The number of amides is 2. The Labute approximate surface area is 146 Å². The van der Waals surface area contributed by atoms with E-state index >= 15 is 0 Å². The molecule has 24 heavy (non-hydrogen) atoms. The molecule has 0 saturated carbocycles. The molecule has 2 aromatic rings. The first kappa shape index (κ1) is 16.7. The van der Waals surface area contributed by atoms with Crippen molar-refractivity contribution in [3.05, 3.63) is 58.3 Å². The van der Waals surface area contributed by atoms with Crippen molar-refractivity contribution >= 4 is 23.2 Å². The first-order chi connectivity index (χ1) is 11.6. The first-order valence-electron chi connectivity index (χ1n) is 8.30. The highest BCUT2D eigenvalue weighted by Crippen LogP contribution is 2.21. The molecule has 1 aliphatic heterocycles. The van der Waals surface area contributed by atoms with E-state index in [-0.39, 0.29) is 23.8 Å². The van der Waals surface area contributed by atoms with E-state index in [2.05, 4.69) is 17.4 Å². The Kier molecular flexibility index (Phi) is 5.30. The molecule has 1 unspecified atom stereocenters. The van der Waals surface area contributed by atoms with Gasteiger partial charge in [0.15, 0.2) is 0 Å². The molecule has 1 aromatic heterocycles. The summed E-state index contributed by atoms with van der Waals surface area (Å²) in [5.74, 6) is 0.0186. The van der Waals surface area contributed by atoms with Gasteiger partial charge in [-0.3, -0.25) is 9.59 Å². The van der Waals surface area contributed by atoms with Crippen LogP contribution in [0.1, 0.15) is 28.6 Å². The quantitative estimate of drug-likeness (QED) is 0.877. The van der Waals surface area contributed by atoms with Crippen LogP contribution in [0.3, 0.4) is 0 Å². The minimum Gasteiger partial charge on any atom is -0.353 e. The lowest BCUT2D eigenvalue weighted by Gasteiger charge is -2.38. The molecule has 1 fully saturated rings. The highest BCUT2D eigenvalue weighted by molar-refractivity contribution is 7.12. The Morgan fingerprint density at radius 2 is 1.96 bits per heavy atom. The fourth-order valence-corrected chi connectivity index (χ4v) is 3.52. The summed E-state index contributed by atoms with van der Waals surface area (Å²) in [5, 5.41) is 4.97. The van der Waals surface area contributed by atoms with Gasteiger partial charge in [-0.25, -0.2) is 0 Å². The number of carbonyl (C=O) groups excluding carboxylic acids is 2. The number of aryl methyl sites for hydroxylation is 1. The summed E-state index contributed by atoms with van der Waals surface area (Å²) >= 11 is 1.44. The second kappa shape index (κ2) is 7.62. The lowest BCUT2D eigenvalue weighted by Crippen LogP contribution is -2.56. The fraction of sp³-hybridized carbons (Fsp3) is 0.368. The van der Waals surface area contributed by atoms with Gasteiger partial charge in [-0.2, -0.15) is 0 Å². The maximum Gasteiger partial charge on any atom is 0.263 e. The minimum absolute atomic E-state index is 0.0335. The number of benzene rings is 1. The van der Waals surface area contributed by atoms with Gasteiger partial charge < -0.3 is 10.2 Å². The molecule has 126 valence electrons. The average molecular weight is 342 g/mol. The van der Waals surface area contributed by atoms with Crippen LogP contribution in [0.2, 0.25) is 0 Å². The van der Waals surface area contributed by atoms with Crippen molar-refractivity contribution in [3.63, 3.8) is 0 Å². The third-order valence-corrected chi connectivity index (χ3v) is 5.23. The van der Waals surface area contributed by atoms with E-state index in [0.29, 0.717) is 13.1 Å². The van der Waals surface area contributed by atoms with Gasteiger partial charge in [0.25, 0.3) is 5.91 Å². The summed E-state index contributed by atoms with van der Waals surface area (Å²) in [6, 6.07) is 14.1. The van der Waals surface area contributed by atoms with Crippen molar-refractivity contribution in [2.45, 2.75) is 25.8 Å². The van der Waals surface area contributed by atoms with Gasteiger partial charge in [0.05, 0.1) is 10.8 Å². The molecule has 5 heteroatoms. The summed E-state index contributed by atoms with van der Waals surface area (Å²) in [6.07, 6.45) is 1.87. The number of nitrogens with zero attached hydrogens (tertiary/aromatic N) is 1. The lowest BCUT2D eigenvalue weighted by atomic mass is 9.98. The molecule has 0 spiro atoms. The van der Waals surface area contributed by atoms with Gasteiger partial charge in [-0.1, -0.05) is 36.4 Å². The number of likely N-dealkylation sites (tertiary alicyclic amines) is 1. The molecule has 1 saturated heterocycles. The van der Waals surface area contributed by atoms with Crippen molar-refractivity contribution in [3.8, 4) is 0 Å². The molecular formula is C19H22N2O2S. The predicted molar refractivity (Wildman–Crippen MR) is 96.1 cm³/mol. The number of hydrogen-bond acceptors (Lipinski definition) is 3. The van der Waals surface area contributed by atoms with Gasteiger partial charge in [0, 0.05) is 19.1 Å². The smallest absolute Gasteiger partial charge is 0.263 e. The molecule has 0 radical (unpaired) electrons. The molecule has 2 amide bonds. The number of nitrogens with one attached hydrogen (secondary N) is 1. The molecule has 0 bridgehead atoms. The number of hydrogen-bond donors (Lipinski definition) is 1. The summed E-state index contributed by atoms with van der Waals surface area (Å²) in [4.78, 5) is 26.9. The molecule has 2 heterocycles. The zero-order valence-electron chi connectivity index (χ0n) is 13.8. The maximum atomic E-state index is 12.3. The minimum atomic E-state index is -0.0758. The Balaban J connectivity index is 1.39. The third kappa shape index (κ3) is 4.03. The SMILES string of the molecule is CC(CCc1ccccc1)NC(=O)C1CN(C(=O)c2cccs2)C1. The summed E-state index contributed by atoms with van der Waals surface area (Å²) in [7, 11) is 0. The van der Waals surface area contributed by atoms with Crippen LogP contribution < -0.4 is 5.32 Å². The van der Waals surface area contributed by atoms with Crippen molar-refractivity contribution in [2.75, 3.05) is 13.1 Å². The highest BCUT2D eigenvalue weighted by atomic mass is 32.1. The Hall–Kier alpha value is -2.14. The molecule has 1 N–H and O–H groups in total. The number of thiophene rings is 1. The predicted octanol–water partition coefficient (Wildman–Crippen LogP) is 2.96. The molecule has 4 nitrogen and oxygen atoms in total. The molecule has 0 aliphatic carbocycles. The van der Waals surface area contributed by atoms with Crippen LogP contribution >= 0.6 is 11.3 Å². The van der Waals surface area contributed by atoms with Crippen molar-refractivity contribution in [2.24, 2.45) is 5.92 Å². The largest absolute Gasteiger partial charge is 0.353 e. The Morgan fingerprint density at radius 1 is 1.21 bits per heavy atom. The molecule has 3 rings (SSSR count). The van der Waals surface area contributed by atoms with E-state index in [1.165, 1.54) is 16.9 Å². The van der Waals surface area contributed by atoms with E-state index in [9.17, 15) is 9.59 Å². The van der Waals surface area contributed by atoms with E-state index in [1.54, 1.807) is 4.90 Å². The Morgan fingerprint density at radius 3 is 2.62 bits per heavy atom. The zero-order valence-corrected chi connectivity index (χ0v) is 14.6. The Bertz CT molecular complexity index is 679. The van der Waals surface area contributed by atoms with Crippen LogP contribution in [0.25, 0.3) is 0 Å². The highest BCUT2D eigenvalue weighted by Gasteiger charge is 2.36. The first-order valence-corrected chi connectivity index (χ1v) is 9.18. The van der Waals surface area contributed by atoms with Crippen LogP contribution in [0.5, 0.6) is 0 Å². The van der Waals surface area contributed by atoms with Crippen molar-refractivity contribution < 1.29 is 9.59 Å². The number of carbonyl (C=O) groups is 2. The molecule has 1 aliphatic rings. The van der Waals surface area contributed by atoms with E-state index in [1.807, 2.05) is 42.6 Å². The van der Waals surface area contributed by atoms with Crippen molar-refractivity contribution in [1.29, 1.82) is 0 Å². The fourth-order valence-electron chi connectivity index (χ4n) is 2.83. The normalized spacial score (nSPS) is 15.6. The van der Waals surface area contributed by atoms with Crippen LogP contribution in [-0.2, 0) is 11.2 Å². The zero-order chi connectivity index (χ0) is 16.9. The van der Waals surface area contributed by atoms with E-state index in [4.69, 9.17) is 0 Å². The van der Waals surface area contributed by atoms with E-state index in [0.717, 1.165) is 17.7 Å². The second-order valence-corrected chi connectivity index (χ2v) is 7.27. The second-order valence-electron chi connectivity index (χ2n) is 6.32. The van der Waals surface area contributed by atoms with Crippen LogP contribution in [0.4, 0.5) is 0 Å². The van der Waals surface area contributed by atoms with Crippen molar-refractivity contribution in [1.82, 2.24) is 10.2 Å². The van der Waals surface area contributed by atoms with Crippen LogP contribution in [0, 0.1) is 5.92 Å². The van der Waals surface area contributed by atoms with Gasteiger partial charge in [0.2, 0.25) is 5.91 Å². The molecule has 1 aromatic carbocycles. The summed E-state index contributed by atoms with van der Waals surface area (Å²) in [5.41, 5.74) is 1.29. The standard InChI is InChI=1S/C19H22N2O2S/c1-14(9-10-15-6-3-2-4-7-15)20-18(22)16-12-21(13-16)19(23)17-8-5-11-24-17/h2-8,11,14,16H,9-10,12-13H2,1H3,(H,20,22). The third-order valence-electron chi connectivity index (χ3n) is 4.37. The monoisotopic (exact) mass is 342 g/mol.